The van der Waals surface area contributed by atoms with Gasteiger partial charge in [0.25, 0.3) is 5.96 Å². The number of nitrogens with zero attached hydrogens (tertiary/aromatic N) is 3. The van der Waals surface area contributed by atoms with Gasteiger partial charge >= 0.3 is 0 Å². The molecule has 19 heavy (non-hydrogen) atoms. The second kappa shape index (κ2) is 4.37. The van der Waals surface area contributed by atoms with Crippen LogP contribution in [0.4, 0.5) is 0 Å². The summed E-state index contributed by atoms with van der Waals surface area (Å²) in [6, 6.07) is -0.783. The highest BCUT2D eigenvalue weighted by Gasteiger charge is 2.58. The van der Waals surface area contributed by atoms with Crippen molar-refractivity contribution in [3.8, 4) is 0 Å². The maximum absolute atomic E-state index is 11.7. The molecule has 2 heterocycles. The van der Waals surface area contributed by atoms with Gasteiger partial charge in [-0.15, -0.1) is 4.91 Å². The van der Waals surface area contributed by atoms with E-state index in [-0.39, 0.29) is 24.0 Å². The zero-order chi connectivity index (χ0) is 13.6. The summed E-state index contributed by atoms with van der Waals surface area (Å²) >= 11 is 0. The number of nitrogens with two attached hydrogens (primary N) is 2. The number of aliphatic imine (C=N–C) groups is 1. The maximum Gasteiger partial charge on any atom is 0.293 e. The van der Waals surface area contributed by atoms with Crippen molar-refractivity contribution in [2.45, 2.75) is 30.8 Å². The number of hydrogen-bond acceptors (Lipinski definition) is 8. The Kier molecular flexibility index (Phi) is 2.81. The van der Waals surface area contributed by atoms with E-state index >= 15 is 0 Å². The maximum atomic E-state index is 11.7. The summed E-state index contributed by atoms with van der Waals surface area (Å²) < 4.78 is 5.47. The van der Waals surface area contributed by atoms with Crippen LogP contribution < -0.4 is 11.1 Å². The molecule has 3 rings (SSSR count). The fourth-order valence-corrected chi connectivity index (χ4v) is 2.48. The Morgan fingerprint density at radius 2 is 2.42 bits per heavy atom. The number of Topliss-reactive ketones (excluding diaryl/α,β-unsaturated/α-hetero) is 1. The Balaban J connectivity index is 1.76. The molecule has 0 aromatic rings. The molecule has 1 saturated carbocycles. The van der Waals surface area contributed by atoms with Crippen LogP contribution in [0.15, 0.2) is 22.1 Å². The summed E-state index contributed by atoms with van der Waals surface area (Å²) in [6.07, 6.45) is -0.120. The molecule has 1 aliphatic carbocycles. The molecule has 9 nitrogen and oxygen atoms in total. The Labute approximate surface area is 108 Å². The van der Waals surface area contributed by atoms with E-state index in [1.807, 2.05) is 0 Å². The van der Waals surface area contributed by atoms with Crippen molar-refractivity contribution < 1.29 is 20.0 Å². The number of ether oxygens (including phenoxy) is 1. The summed E-state index contributed by atoms with van der Waals surface area (Å²) in [5.74, 6) is 0.468. The lowest BCUT2D eigenvalue weighted by atomic mass is 10.2. The molecule has 5 N–H and O–H groups in total. The van der Waals surface area contributed by atoms with E-state index in [1.165, 1.54) is 0 Å². The van der Waals surface area contributed by atoms with Crippen LogP contribution in [0.2, 0.25) is 0 Å². The van der Waals surface area contributed by atoms with Gasteiger partial charge in [0.2, 0.25) is 0 Å². The highest BCUT2D eigenvalue weighted by Crippen LogP contribution is 2.34. The number of guanidine groups is 1. The molecule has 0 radical (unpaired) electrons. The molecule has 4 unspecified atom stereocenters. The van der Waals surface area contributed by atoms with Crippen LogP contribution in [-0.4, -0.2) is 52.8 Å². The Hall–Kier alpha value is -1.84. The van der Waals surface area contributed by atoms with E-state index in [0.717, 1.165) is 6.20 Å². The van der Waals surface area contributed by atoms with E-state index in [2.05, 4.69) is 10.2 Å². The Morgan fingerprint density at radius 3 is 3.16 bits per heavy atom. The molecular formula is C10H14N5O4+. The number of rotatable bonds is 2. The van der Waals surface area contributed by atoms with Gasteiger partial charge < -0.3 is 15.6 Å². The SMILES string of the molecule is NC1=NC2C(=O)C2N(C2CC(O)C(=CN=O)O2)C[NH2+]1. The number of quaternary nitrogens is 1. The van der Waals surface area contributed by atoms with Gasteiger partial charge in [-0.3, -0.25) is 10.1 Å². The highest BCUT2D eigenvalue weighted by atomic mass is 16.5. The first-order chi connectivity index (χ1) is 9.11. The number of fused-ring (bicyclic) bond motifs is 1. The van der Waals surface area contributed by atoms with Gasteiger partial charge in [0, 0.05) is 6.42 Å². The molecule has 102 valence electrons. The van der Waals surface area contributed by atoms with Crippen LogP contribution in [0, 0.1) is 4.91 Å². The van der Waals surface area contributed by atoms with Crippen molar-refractivity contribution in [3.63, 3.8) is 0 Å². The minimum absolute atomic E-state index is 0.0000757. The summed E-state index contributed by atoms with van der Waals surface area (Å²) in [4.78, 5) is 27.7. The largest absolute Gasteiger partial charge is 0.475 e. The molecule has 0 aromatic carbocycles. The minimum atomic E-state index is -0.878. The predicted octanol–water partition coefficient (Wildman–Crippen LogP) is -2.83. The first-order valence-corrected chi connectivity index (χ1v) is 5.95. The number of carbonyl (C=O) groups is 1. The average Bonchev–Trinajstić information content (AvgIpc) is 2.89. The molecule has 0 aromatic heterocycles. The van der Waals surface area contributed by atoms with Crippen LogP contribution in [0.25, 0.3) is 0 Å². The van der Waals surface area contributed by atoms with Gasteiger partial charge in [-0.25, -0.2) is 9.89 Å². The summed E-state index contributed by atoms with van der Waals surface area (Å²) in [6.45, 7) is 0.418. The zero-order valence-corrected chi connectivity index (χ0v) is 9.97. The molecule has 4 atom stereocenters. The minimum Gasteiger partial charge on any atom is -0.475 e. The van der Waals surface area contributed by atoms with Crippen LogP contribution >= 0.6 is 0 Å². The van der Waals surface area contributed by atoms with E-state index in [0.29, 0.717) is 12.6 Å². The van der Waals surface area contributed by atoms with Gasteiger partial charge in [-0.1, -0.05) is 0 Å². The normalized spacial score (nSPS) is 40.4. The van der Waals surface area contributed by atoms with Crippen molar-refractivity contribution in [2.24, 2.45) is 15.9 Å². The molecular weight excluding hydrogens is 254 g/mol. The molecule has 0 bridgehead atoms. The lowest BCUT2D eigenvalue weighted by molar-refractivity contribution is -0.567. The molecule has 3 aliphatic rings. The van der Waals surface area contributed by atoms with Gasteiger partial charge in [0.05, 0.1) is 0 Å². The van der Waals surface area contributed by atoms with E-state index < -0.39 is 18.4 Å². The average molecular weight is 268 g/mol. The fraction of sp³-hybridized carbons (Fsp3) is 0.600. The number of ketones is 1. The van der Waals surface area contributed by atoms with Crippen LogP contribution in [-0.2, 0) is 9.53 Å². The predicted molar refractivity (Wildman–Crippen MR) is 62.2 cm³/mol. The van der Waals surface area contributed by atoms with Crippen molar-refractivity contribution in [2.75, 3.05) is 6.67 Å². The van der Waals surface area contributed by atoms with Gasteiger partial charge in [0.15, 0.2) is 12.0 Å². The van der Waals surface area contributed by atoms with Gasteiger partial charge in [-0.2, -0.15) is 0 Å². The second-order valence-electron chi connectivity index (χ2n) is 4.71. The monoisotopic (exact) mass is 268 g/mol. The van der Waals surface area contributed by atoms with E-state index in [4.69, 9.17) is 10.5 Å². The zero-order valence-electron chi connectivity index (χ0n) is 9.97. The lowest BCUT2D eigenvalue weighted by Gasteiger charge is -2.23. The lowest BCUT2D eigenvalue weighted by Crippen LogP contribution is -2.93. The van der Waals surface area contributed by atoms with Crippen molar-refractivity contribution in [1.82, 2.24) is 4.90 Å². The first-order valence-electron chi connectivity index (χ1n) is 5.95. The second-order valence-corrected chi connectivity index (χ2v) is 4.71. The summed E-state index contributed by atoms with van der Waals surface area (Å²) in [5, 5.41) is 14.0. The third-order valence-corrected chi connectivity index (χ3v) is 3.50. The van der Waals surface area contributed by atoms with Crippen molar-refractivity contribution in [3.05, 3.63) is 16.9 Å². The number of aliphatic hydroxyl groups excluding tert-OH is 1. The van der Waals surface area contributed by atoms with E-state index in [1.54, 1.807) is 10.2 Å². The third kappa shape index (κ3) is 2.01. The topological polar surface area (TPSA) is 134 Å². The smallest absolute Gasteiger partial charge is 0.293 e. The molecule has 0 spiro atoms. The fourth-order valence-electron chi connectivity index (χ4n) is 2.48. The Morgan fingerprint density at radius 1 is 1.63 bits per heavy atom. The number of nitroso groups, excluding NO2 is 1. The van der Waals surface area contributed by atoms with Crippen LogP contribution in [0.5, 0.6) is 0 Å². The molecule has 1 saturated heterocycles. The first kappa shape index (κ1) is 12.2. The van der Waals surface area contributed by atoms with Gasteiger partial charge in [0.1, 0.15) is 36.8 Å². The quantitative estimate of drug-likeness (QED) is 0.462. The molecule has 2 fully saturated rings. The molecule has 2 aliphatic heterocycles. The van der Waals surface area contributed by atoms with Crippen LogP contribution in [0.3, 0.4) is 0 Å². The molecule has 0 amide bonds. The Bertz CT molecular complexity index is 490. The van der Waals surface area contributed by atoms with Crippen LogP contribution in [0.1, 0.15) is 6.42 Å². The number of hydrogen-bond donors (Lipinski definition) is 3. The molecule has 9 heteroatoms. The number of aliphatic hydroxyl groups is 1. The third-order valence-electron chi connectivity index (χ3n) is 3.50. The summed E-state index contributed by atoms with van der Waals surface area (Å²) in [5.41, 5.74) is 5.63. The van der Waals surface area contributed by atoms with Crippen molar-refractivity contribution >= 4 is 11.7 Å². The van der Waals surface area contributed by atoms with Crippen molar-refractivity contribution in [1.29, 1.82) is 0 Å². The standard InChI is InChI=1S/C10H13N5O4/c11-10-12-3-15(8-7(14-10)9(8)17)6-1-4(16)5(19-6)2-13-18/h2,4,6-8,16H,1,3H2,(H3,11,12,14)/p+1. The highest BCUT2D eigenvalue weighted by molar-refractivity contribution is 6.08. The van der Waals surface area contributed by atoms with Gasteiger partial charge in [-0.05, 0) is 5.18 Å². The van der Waals surface area contributed by atoms with E-state index in [9.17, 15) is 14.8 Å². The summed E-state index contributed by atoms with van der Waals surface area (Å²) in [7, 11) is 0. The number of carbonyl (C=O) groups excluding carboxylic acids is 1.